The summed E-state index contributed by atoms with van der Waals surface area (Å²) >= 11 is 5.62. The molecule has 0 bridgehead atoms. The number of nitrogens with one attached hydrogen (secondary N) is 1. The van der Waals surface area contributed by atoms with Crippen molar-refractivity contribution in [3.63, 3.8) is 0 Å². The van der Waals surface area contributed by atoms with Crippen LogP contribution in [0.5, 0.6) is 0 Å². The molecule has 0 radical (unpaired) electrons. The van der Waals surface area contributed by atoms with Gasteiger partial charge in [0, 0.05) is 11.3 Å². The summed E-state index contributed by atoms with van der Waals surface area (Å²) in [5, 5.41) is 7.72. The minimum absolute atomic E-state index is 0.261. The Labute approximate surface area is 194 Å². The smallest absolute Gasteiger partial charge is 0.258 e. The van der Waals surface area contributed by atoms with Crippen LogP contribution < -0.4 is 10.2 Å². The zero-order valence-electron chi connectivity index (χ0n) is 17.5. The van der Waals surface area contributed by atoms with Gasteiger partial charge < -0.3 is 9.84 Å². The van der Waals surface area contributed by atoms with Crippen molar-refractivity contribution in [3.05, 3.63) is 108 Å². The normalized spacial score (nSPS) is 16.2. The van der Waals surface area contributed by atoms with Gasteiger partial charge in [0.1, 0.15) is 11.6 Å². The first-order valence-electron chi connectivity index (χ1n) is 10.2. The van der Waals surface area contributed by atoms with Gasteiger partial charge in [-0.05, 0) is 55.0 Å². The van der Waals surface area contributed by atoms with Gasteiger partial charge in [0.25, 0.3) is 5.89 Å². The molecule has 1 aliphatic heterocycles. The second-order valence-corrected chi connectivity index (χ2v) is 7.93. The molecule has 1 N–H and O–H groups in total. The van der Waals surface area contributed by atoms with Crippen LogP contribution >= 0.6 is 12.2 Å². The molecule has 0 saturated carbocycles. The van der Waals surface area contributed by atoms with Crippen LogP contribution in [0.25, 0.3) is 17.0 Å². The van der Waals surface area contributed by atoms with E-state index in [-0.39, 0.29) is 17.5 Å². The molecule has 8 heteroatoms. The Bertz CT molecular complexity index is 1370. The van der Waals surface area contributed by atoms with E-state index in [0.29, 0.717) is 33.5 Å². The summed E-state index contributed by atoms with van der Waals surface area (Å²) in [5.41, 5.74) is 3.28. The Morgan fingerprint density at radius 2 is 1.67 bits per heavy atom. The highest BCUT2D eigenvalue weighted by atomic mass is 32.1. The van der Waals surface area contributed by atoms with E-state index in [0.717, 1.165) is 5.56 Å². The van der Waals surface area contributed by atoms with Crippen molar-refractivity contribution in [2.45, 2.75) is 13.0 Å². The van der Waals surface area contributed by atoms with E-state index in [9.17, 15) is 8.78 Å². The lowest BCUT2D eigenvalue weighted by atomic mass is 9.94. The topological polar surface area (TPSA) is 54.2 Å². The van der Waals surface area contributed by atoms with Gasteiger partial charge in [-0.25, -0.2) is 8.78 Å². The quantitative estimate of drug-likeness (QED) is 0.384. The van der Waals surface area contributed by atoms with Crippen LogP contribution in [0.3, 0.4) is 0 Å². The summed E-state index contributed by atoms with van der Waals surface area (Å²) in [4.78, 5) is 6.31. The van der Waals surface area contributed by atoms with Crippen molar-refractivity contribution >= 4 is 28.6 Å². The van der Waals surface area contributed by atoms with Gasteiger partial charge in [-0.3, -0.25) is 4.90 Å². The SMILES string of the molecule is CC1=C(c2nc(-c3ccccc3)no2)C(c2cccc(F)c2)NC(=S)N1c1cccc(F)c1. The fraction of sp³-hybridized carbons (Fsp3) is 0.0800. The minimum atomic E-state index is -0.540. The number of halogens is 2. The molecule has 5 nitrogen and oxygen atoms in total. The zero-order valence-corrected chi connectivity index (χ0v) is 18.3. The van der Waals surface area contributed by atoms with Gasteiger partial charge in [-0.2, -0.15) is 4.98 Å². The summed E-state index contributed by atoms with van der Waals surface area (Å²) in [7, 11) is 0. The highest BCUT2D eigenvalue weighted by Crippen LogP contribution is 2.39. The molecule has 0 amide bonds. The van der Waals surface area contributed by atoms with Gasteiger partial charge in [0.2, 0.25) is 5.82 Å². The van der Waals surface area contributed by atoms with E-state index in [1.54, 1.807) is 29.2 Å². The first kappa shape index (κ1) is 21.0. The summed E-state index contributed by atoms with van der Waals surface area (Å²) in [5.74, 6) is -0.0762. The first-order chi connectivity index (χ1) is 16.0. The maximum Gasteiger partial charge on any atom is 0.258 e. The lowest BCUT2D eigenvalue weighted by Crippen LogP contribution is -2.46. The molecule has 0 aliphatic carbocycles. The molecule has 0 fully saturated rings. The molecule has 1 atom stereocenters. The highest BCUT2D eigenvalue weighted by molar-refractivity contribution is 7.80. The average Bonchev–Trinajstić information content (AvgIpc) is 3.29. The van der Waals surface area contributed by atoms with Crippen molar-refractivity contribution in [2.24, 2.45) is 0 Å². The van der Waals surface area contributed by atoms with Crippen LogP contribution in [0, 0.1) is 11.6 Å². The lowest BCUT2D eigenvalue weighted by Gasteiger charge is -2.37. The number of thiocarbonyl (C=S) groups is 1. The molecule has 1 aromatic heterocycles. The Kier molecular flexibility index (Phi) is 5.43. The van der Waals surface area contributed by atoms with Crippen molar-refractivity contribution in [1.29, 1.82) is 0 Å². The van der Waals surface area contributed by atoms with E-state index in [1.165, 1.54) is 24.3 Å². The van der Waals surface area contributed by atoms with Crippen LogP contribution in [0.2, 0.25) is 0 Å². The van der Waals surface area contributed by atoms with E-state index in [4.69, 9.17) is 16.7 Å². The van der Waals surface area contributed by atoms with Crippen LogP contribution in [0.1, 0.15) is 24.4 Å². The van der Waals surface area contributed by atoms with Crippen molar-refractivity contribution in [3.8, 4) is 11.4 Å². The Balaban J connectivity index is 1.67. The molecule has 1 aliphatic rings. The third-order valence-electron chi connectivity index (χ3n) is 5.42. The van der Waals surface area contributed by atoms with Gasteiger partial charge in [0.05, 0.1) is 17.3 Å². The maximum atomic E-state index is 14.1. The first-order valence-corrected chi connectivity index (χ1v) is 10.6. The standard InChI is InChI=1S/C25H18F2N4OS/c1-15-21(24-29-23(30-32-24)16-7-3-2-4-8-16)22(17-9-5-10-18(26)13-17)28-25(33)31(15)20-12-6-11-19(27)14-20/h2-14,22H,1H3,(H,28,33). The van der Waals surface area contributed by atoms with Gasteiger partial charge >= 0.3 is 0 Å². The summed E-state index contributed by atoms with van der Waals surface area (Å²) in [6.07, 6.45) is 0. The number of rotatable bonds is 4. The summed E-state index contributed by atoms with van der Waals surface area (Å²) in [6.45, 7) is 1.84. The van der Waals surface area contributed by atoms with Crippen molar-refractivity contribution in [2.75, 3.05) is 4.90 Å². The van der Waals surface area contributed by atoms with Gasteiger partial charge in [-0.1, -0.05) is 53.7 Å². The molecule has 0 saturated heterocycles. The highest BCUT2D eigenvalue weighted by Gasteiger charge is 2.35. The van der Waals surface area contributed by atoms with Crippen LogP contribution in [0.15, 0.2) is 89.1 Å². The molecule has 164 valence electrons. The zero-order chi connectivity index (χ0) is 22.9. The van der Waals surface area contributed by atoms with Crippen LogP contribution in [-0.2, 0) is 0 Å². The fourth-order valence-corrected chi connectivity index (χ4v) is 4.28. The molecular formula is C25H18F2N4OS. The Morgan fingerprint density at radius 3 is 2.39 bits per heavy atom. The van der Waals surface area contributed by atoms with Gasteiger partial charge in [0.15, 0.2) is 5.11 Å². The fourth-order valence-electron chi connectivity index (χ4n) is 3.92. The number of allylic oxidation sites excluding steroid dienone is 1. The molecule has 3 aromatic carbocycles. The number of hydrogen-bond donors (Lipinski definition) is 1. The second-order valence-electron chi connectivity index (χ2n) is 7.54. The molecule has 33 heavy (non-hydrogen) atoms. The minimum Gasteiger partial charge on any atom is -0.351 e. The molecular weight excluding hydrogens is 442 g/mol. The van der Waals surface area contributed by atoms with E-state index < -0.39 is 6.04 Å². The largest absolute Gasteiger partial charge is 0.351 e. The van der Waals surface area contributed by atoms with Crippen LogP contribution in [0.4, 0.5) is 14.5 Å². The number of nitrogens with zero attached hydrogens (tertiary/aromatic N) is 3. The predicted molar refractivity (Wildman–Crippen MR) is 126 cm³/mol. The number of benzene rings is 3. The lowest BCUT2D eigenvalue weighted by molar-refractivity contribution is 0.404. The molecule has 0 spiro atoms. The number of aromatic nitrogens is 2. The monoisotopic (exact) mass is 460 g/mol. The van der Waals surface area contributed by atoms with E-state index >= 15 is 0 Å². The average molecular weight is 461 g/mol. The van der Waals surface area contributed by atoms with E-state index in [2.05, 4.69) is 15.5 Å². The molecule has 2 heterocycles. The van der Waals surface area contributed by atoms with Crippen molar-refractivity contribution in [1.82, 2.24) is 15.5 Å². The Morgan fingerprint density at radius 1 is 0.939 bits per heavy atom. The number of anilines is 1. The predicted octanol–water partition coefficient (Wildman–Crippen LogP) is 5.88. The Hall–Kier alpha value is -3.91. The molecule has 4 aromatic rings. The summed E-state index contributed by atoms with van der Waals surface area (Å²) < 4.78 is 33.7. The maximum absolute atomic E-state index is 14.1. The number of hydrogen-bond acceptors (Lipinski definition) is 4. The van der Waals surface area contributed by atoms with Crippen LogP contribution in [-0.4, -0.2) is 15.3 Å². The van der Waals surface area contributed by atoms with Crippen molar-refractivity contribution < 1.29 is 13.3 Å². The second kappa shape index (κ2) is 8.55. The van der Waals surface area contributed by atoms with E-state index in [1.807, 2.05) is 37.3 Å². The molecule has 1 unspecified atom stereocenters. The van der Waals surface area contributed by atoms with Gasteiger partial charge in [-0.15, -0.1) is 0 Å². The third kappa shape index (κ3) is 4.01. The third-order valence-corrected chi connectivity index (χ3v) is 5.72. The molecule has 5 rings (SSSR count). The summed E-state index contributed by atoms with van der Waals surface area (Å²) in [6, 6.07) is 21.2.